The zero-order valence-corrected chi connectivity index (χ0v) is 17.1. The molecule has 0 saturated heterocycles. The van der Waals surface area contributed by atoms with Gasteiger partial charge in [-0.25, -0.2) is 14.0 Å². The molecule has 6 nitrogen and oxygen atoms in total. The highest BCUT2D eigenvalue weighted by Crippen LogP contribution is 2.17. The molecular formula is C22H19FN2O4S. The van der Waals surface area contributed by atoms with Gasteiger partial charge in [-0.1, -0.05) is 17.7 Å². The van der Waals surface area contributed by atoms with Gasteiger partial charge in [-0.05, 0) is 79.6 Å². The standard InChI is InChI=1S/C22H19FN2O4S/c1-15-3-12-21(16(2)13-15)30(27,28)25-24-14-17-4-10-20(11-5-17)29-22(26)18-6-8-19(23)9-7-18/h3-14,25H,1-2H3/b24-14+. The Labute approximate surface area is 174 Å². The number of hydrogen-bond acceptors (Lipinski definition) is 5. The van der Waals surface area contributed by atoms with Crippen LogP contribution in [0.4, 0.5) is 4.39 Å². The maximum Gasteiger partial charge on any atom is 0.343 e. The van der Waals surface area contributed by atoms with Crippen LogP contribution in [0.1, 0.15) is 27.0 Å². The molecule has 30 heavy (non-hydrogen) atoms. The summed E-state index contributed by atoms with van der Waals surface area (Å²) >= 11 is 0. The van der Waals surface area contributed by atoms with Gasteiger partial charge >= 0.3 is 5.97 Å². The number of esters is 1. The fourth-order valence-electron chi connectivity index (χ4n) is 2.69. The Bertz CT molecular complexity index is 1190. The number of ether oxygens (including phenoxy) is 1. The molecule has 0 amide bonds. The van der Waals surface area contributed by atoms with Crippen molar-refractivity contribution >= 4 is 22.2 Å². The van der Waals surface area contributed by atoms with E-state index in [0.29, 0.717) is 11.1 Å². The Hall–Kier alpha value is -3.52. The number of nitrogens with one attached hydrogen (secondary N) is 1. The van der Waals surface area contributed by atoms with Crippen LogP contribution in [0.25, 0.3) is 0 Å². The highest BCUT2D eigenvalue weighted by atomic mass is 32.2. The van der Waals surface area contributed by atoms with Gasteiger partial charge in [0, 0.05) is 0 Å². The summed E-state index contributed by atoms with van der Waals surface area (Å²) in [6, 6.07) is 16.4. The smallest absolute Gasteiger partial charge is 0.343 e. The number of sulfonamides is 1. The number of aryl methyl sites for hydroxylation is 2. The first-order valence-corrected chi connectivity index (χ1v) is 10.4. The van der Waals surface area contributed by atoms with Gasteiger partial charge < -0.3 is 4.74 Å². The summed E-state index contributed by atoms with van der Waals surface area (Å²) in [4.78, 5) is 14.4. The third-order valence-corrected chi connectivity index (χ3v) is 5.56. The van der Waals surface area contributed by atoms with Crippen molar-refractivity contribution in [1.29, 1.82) is 0 Å². The van der Waals surface area contributed by atoms with E-state index in [0.717, 1.165) is 5.56 Å². The van der Waals surface area contributed by atoms with Crippen LogP contribution in [0.3, 0.4) is 0 Å². The zero-order valence-electron chi connectivity index (χ0n) is 16.3. The molecule has 0 heterocycles. The third-order valence-electron chi connectivity index (χ3n) is 4.18. The molecule has 0 aliphatic heterocycles. The Morgan fingerprint density at radius 3 is 2.30 bits per heavy atom. The van der Waals surface area contributed by atoms with E-state index in [-0.39, 0.29) is 16.2 Å². The number of hydrazone groups is 1. The quantitative estimate of drug-likeness (QED) is 0.280. The lowest BCUT2D eigenvalue weighted by atomic mass is 10.2. The molecule has 0 saturated carbocycles. The number of carbonyl (C=O) groups is 1. The van der Waals surface area contributed by atoms with E-state index in [1.807, 2.05) is 6.92 Å². The van der Waals surface area contributed by atoms with Crippen molar-refractivity contribution in [2.75, 3.05) is 0 Å². The van der Waals surface area contributed by atoms with Crippen LogP contribution in [0.15, 0.2) is 76.7 Å². The number of rotatable bonds is 6. The van der Waals surface area contributed by atoms with Crippen LogP contribution in [0, 0.1) is 19.7 Å². The molecule has 3 rings (SSSR count). The summed E-state index contributed by atoms with van der Waals surface area (Å²) in [6.45, 7) is 3.60. The molecule has 8 heteroatoms. The molecule has 0 spiro atoms. The first kappa shape index (κ1) is 21.2. The number of carbonyl (C=O) groups excluding carboxylic acids is 1. The van der Waals surface area contributed by atoms with Crippen LogP contribution < -0.4 is 9.57 Å². The molecule has 0 aliphatic carbocycles. The second kappa shape index (κ2) is 8.87. The Balaban J connectivity index is 1.63. The average Bonchev–Trinajstić information content (AvgIpc) is 2.69. The van der Waals surface area contributed by atoms with Gasteiger partial charge in [0.05, 0.1) is 16.7 Å². The predicted octanol–water partition coefficient (Wildman–Crippen LogP) is 3.97. The first-order chi connectivity index (χ1) is 14.2. The molecule has 0 radical (unpaired) electrons. The SMILES string of the molecule is Cc1ccc(S(=O)(=O)N/N=C/c2ccc(OC(=O)c3ccc(F)cc3)cc2)c(C)c1. The van der Waals surface area contributed by atoms with E-state index in [4.69, 9.17) is 4.74 Å². The average molecular weight is 426 g/mol. The molecule has 0 bridgehead atoms. The summed E-state index contributed by atoms with van der Waals surface area (Å²) in [7, 11) is -3.78. The molecule has 0 aliphatic rings. The number of benzene rings is 3. The Morgan fingerprint density at radius 2 is 1.67 bits per heavy atom. The summed E-state index contributed by atoms with van der Waals surface area (Å²) in [5.74, 6) is -0.765. The molecular weight excluding hydrogens is 407 g/mol. The van der Waals surface area contributed by atoms with E-state index in [2.05, 4.69) is 9.93 Å². The van der Waals surface area contributed by atoms with E-state index in [1.165, 1.54) is 36.5 Å². The van der Waals surface area contributed by atoms with E-state index in [1.54, 1.807) is 43.3 Å². The number of nitrogens with zero attached hydrogens (tertiary/aromatic N) is 1. The van der Waals surface area contributed by atoms with E-state index < -0.39 is 21.8 Å². The maximum atomic E-state index is 12.9. The lowest BCUT2D eigenvalue weighted by molar-refractivity contribution is 0.0734. The van der Waals surface area contributed by atoms with Gasteiger partial charge in [0.15, 0.2) is 0 Å². The van der Waals surface area contributed by atoms with Crippen LogP contribution in [0.5, 0.6) is 5.75 Å². The van der Waals surface area contributed by atoms with Crippen molar-refractivity contribution in [3.8, 4) is 5.75 Å². The van der Waals surface area contributed by atoms with Crippen molar-refractivity contribution in [3.05, 3.63) is 94.8 Å². The van der Waals surface area contributed by atoms with Crippen LogP contribution in [-0.2, 0) is 10.0 Å². The molecule has 3 aromatic carbocycles. The Kier molecular flexibility index (Phi) is 6.27. The minimum Gasteiger partial charge on any atom is -0.423 e. The van der Waals surface area contributed by atoms with Gasteiger partial charge in [-0.2, -0.15) is 13.5 Å². The van der Waals surface area contributed by atoms with Crippen molar-refractivity contribution < 1.29 is 22.3 Å². The van der Waals surface area contributed by atoms with Gasteiger partial charge in [-0.3, -0.25) is 0 Å². The van der Waals surface area contributed by atoms with Gasteiger partial charge in [-0.15, -0.1) is 0 Å². The highest BCUT2D eigenvalue weighted by molar-refractivity contribution is 7.89. The fourth-order valence-corrected chi connectivity index (χ4v) is 3.71. The summed E-state index contributed by atoms with van der Waals surface area (Å²) in [6.07, 6.45) is 1.34. The number of halogens is 1. The van der Waals surface area contributed by atoms with Crippen LogP contribution in [-0.4, -0.2) is 20.6 Å². The lowest BCUT2D eigenvalue weighted by Crippen LogP contribution is -2.19. The van der Waals surface area contributed by atoms with E-state index in [9.17, 15) is 17.6 Å². The van der Waals surface area contributed by atoms with Gasteiger partial charge in [0.2, 0.25) is 0 Å². The molecule has 154 valence electrons. The molecule has 0 atom stereocenters. The van der Waals surface area contributed by atoms with Crippen molar-refractivity contribution in [3.63, 3.8) is 0 Å². The van der Waals surface area contributed by atoms with Crippen molar-refractivity contribution in [2.24, 2.45) is 5.10 Å². The second-order valence-corrected chi connectivity index (χ2v) is 8.22. The molecule has 1 N–H and O–H groups in total. The third kappa shape index (κ3) is 5.30. The molecule has 0 aromatic heterocycles. The predicted molar refractivity (Wildman–Crippen MR) is 112 cm³/mol. The monoisotopic (exact) mass is 426 g/mol. The fraction of sp³-hybridized carbons (Fsp3) is 0.0909. The Morgan fingerprint density at radius 1 is 1.00 bits per heavy atom. The first-order valence-electron chi connectivity index (χ1n) is 8.94. The van der Waals surface area contributed by atoms with E-state index >= 15 is 0 Å². The second-order valence-electron chi connectivity index (χ2n) is 6.59. The summed E-state index contributed by atoms with van der Waals surface area (Å²) < 4.78 is 42.9. The van der Waals surface area contributed by atoms with Crippen LogP contribution >= 0.6 is 0 Å². The molecule has 0 unspecified atom stereocenters. The zero-order chi connectivity index (χ0) is 21.7. The lowest BCUT2D eigenvalue weighted by Gasteiger charge is -2.07. The molecule has 0 fully saturated rings. The summed E-state index contributed by atoms with van der Waals surface area (Å²) in [5, 5.41) is 3.79. The maximum absolute atomic E-state index is 12.9. The summed E-state index contributed by atoms with van der Waals surface area (Å²) in [5.41, 5.74) is 2.42. The van der Waals surface area contributed by atoms with Gasteiger partial charge in [0.25, 0.3) is 10.0 Å². The minimum atomic E-state index is -3.78. The van der Waals surface area contributed by atoms with Crippen LogP contribution in [0.2, 0.25) is 0 Å². The topological polar surface area (TPSA) is 84.8 Å². The highest BCUT2D eigenvalue weighted by Gasteiger charge is 2.15. The largest absolute Gasteiger partial charge is 0.423 e. The van der Waals surface area contributed by atoms with Gasteiger partial charge in [0.1, 0.15) is 11.6 Å². The van der Waals surface area contributed by atoms with Crippen molar-refractivity contribution in [1.82, 2.24) is 4.83 Å². The normalized spacial score (nSPS) is 11.4. The minimum absolute atomic E-state index is 0.160. The molecule has 3 aromatic rings. The van der Waals surface area contributed by atoms with Crippen molar-refractivity contribution in [2.45, 2.75) is 18.7 Å². The number of hydrogen-bond donors (Lipinski definition) is 1.